The maximum absolute atomic E-state index is 11.8. The predicted molar refractivity (Wildman–Crippen MR) is 142 cm³/mol. The van der Waals surface area contributed by atoms with Gasteiger partial charge in [0.05, 0.1) is 15.9 Å². The summed E-state index contributed by atoms with van der Waals surface area (Å²) in [5.74, 6) is 3.46. The summed E-state index contributed by atoms with van der Waals surface area (Å²) in [5, 5.41) is 2.65. The zero-order valence-electron chi connectivity index (χ0n) is 21.6. The first-order valence-electron chi connectivity index (χ1n) is 12.6. The Morgan fingerprint density at radius 3 is 2.20 bits per heavy atom. The Bertz CT molecular complexity index is 1210. The molecule has 1 saturated heterocycles. The second-order valence-corrected chi connectivity index (χ2v) is 15.4. The second kappa shape index (κ2) is 9.38. The van der Waals surface area contributed by atoms with Gasteiger partial charge in [0.15, 0.2) is 4.90 Å². The van der Waals surface area contributed by atoms with Gasteiger partial charge in [-0.2, -0.15) is 0 Å². The highest BCUT2D eigenvalue weighted by atomic mass is 32.2. The van der Waals surface area contributed by atoms with Crippen LogP contribution in [0.25, 0.3) is 10.8 Å². The molecule has 2 aromatic carbocycles. The number of Topliss-reactive ketones (excluding diaryl/α,β-unsaturated/α-hetero) is 1. The third-order valence-corrected chi connectivity index (χ3v) is 11.6. The number of ketones is 1. The average Bonchev–Trinajstić information content (AvgIpc) is 3.40. The molecular weight excluding hydrogens is 480 g/mol. The molecule has 35 heavy (non-hydrogen) atoms. The highest BCUT2D eigenvalue weighted by Crippen LogP contribution is 2.64. The van der Waals surface area contributed by atoms with Gasteiger partial charge in [0.25, 0.3) is 0 Å². The fourth-order valence-electron chi connectivity index (χ4n) is 6.20. The van der Waals surface area contributed by atoms with Crippen molar-refractivity contribution < 1.29 is 22.5 Å². The third kappa shape index (κ3) is 5.28. The predicted octanol–water partition coefficient (Wildman–Crippen LogP) is 5.72. The Morgan fingerprint density at radius 2 is 1.69 bits per heavy atom. The lowest BCUT2D eigenvalue weighted by Crippen LogP contribution is -2.42. The van der Waals surface area contributed by atoms with Gasteiger partial charge >= 0.3 is 0 Å². The molecule has 2 bridgehead atoms. The lowest BCUT2D eigenvalue weighted by Gasteiger charge is -2.37. The maximum atomic E-state index is 11.8. The van der Waals surface area contributed by atoms with Gasteiger partial charge in [-0.25, -0.2) is 8.42 Å². The summed E-state index contributed by atoms with van der Waals surface area (Å²) in [5.41, 5.74) is -1.38. The number of benzene rings is 2. The molecule has 7 heteroatoms. The molecule has 0 amide bonds. The number of rotatable bonds is 4. The molecule has 2 aromatic rings. The Morgan fingerprint density at radius 1 is 1.06 bits per heavy atom. The summed E-state index contributed by atoms with van der Waals surface area (Å²) < 4.78 is 38.8. The minimum atomic E-state index is -4.33. The van der Waals surface area contributed by atoms with Crippen molar-refractivity contribution in [1.82, 2.24) is 0 Å². The number of hydrogen-bond acceptors (Lipinski definition) is 5. The van der Waals surface area contributed by atoms with Gasteiger partial charge < -0.3 is 9.29 Å². The van der Waals surface area contributed by atoms with Crippen molar-refractivity contribution in [3.05, 3.63) is 36.4 Å². The molecule has 2 saturated carbocycles. The Hall–Kier alpha value is -1.57. The minimum Gasteiger partial charge on any atom is -0.748 e. The van der Waals surface area contributed by atoms with E-state index >= 15 is 0 Å². The molecule has 1 heterocycles. The van der Waals surface area contributed by atoms with E-state index in [-0.39, 0.29) is 22.7 Å². The van der Waals surface area contributed by atoms with Crippen LogP contribution in [0.5, 0.6) is 5.75 Å². The first kappa shape index (κ1) is 26.5. The van der Waals surface area contributed by atoms with Gasteiger partial charge in [0.2, 0.25) is 0 Å². The van der Waals surface area contributed by atoms with Crippen LogP contribution in [-0.4, -0.2) is 41.6 Å². The second-order valence-electron chi connectivity index (χ2n) is 11.8. The van der Waals surface area contributed by atoms with Crippen LogP contribution in [0, 0.1) is 16.7 Å². The molecule has 2 unspecified atom stereocenters. The van der Waals surface area contributed by atoms with Crippen LogP contribution in [0.15, 0.2) is 41.3 Å². The molecule has 3 aliphatic rings. The van der Waals surface area contributed by atoms with Gasteiger partial charge in [0, 0.05) is 33.5 Å². The fourth-order valence-corrected chi connectivity index (χ4v) is 9.98. The number of ether oxygens (including phenoxy) is 1. The van der Waals surface area contributed by atoms with Crippen molar-refractivity contribution in [2.24, 2.45) is 16.7 Å². The summed E-state index contributed by atoms with van der Waals surface area (Å²) in [4.78, 5) is 13.4. The number of hydrogen-bond donors (Lipinski definition) is 0. The Kier molecular flexibility index (Phi) is 7.10. The maximum Gasteiger partial charge on any atom is 0.162 e. The standard InChI is InChI=1S/C18H23OS.C10H16O4S/c1-18(2,3)19-16-10-11-17(20-12-6-7-13-20)15-9-5-4-8-14(15)16;1-9(2)7-3-4-10(9,8(11)5-7)6-15(12,13)14/h4-5,8-11H,6-7,12-13H2,1-3H3;7H,3-6H2,1-2H3,(H,12,13,14)/q+1;/p-1. The molecule has 0 aromatic heterocycles. The van der Waals surface area contributed by atoms with Gasteiger partial charge in [-0.3, -0.25) is 4.79 Å². The van der Waals surface area contributed by atoms with E-state index in [2.05, 4.69) is 57.2 Å². The zero-order chi connectivity index (χ0) is 25.6. The largest absolute Gasteiger partial charge is 0.748 e. The van der Waals surface area contributed by atoms with Gasteiger partial charge in [0.1, 0.15) is 28.6 Å². The average molecular weight is 519 g/mol. The van der Waals surface area contributed by atoms with E-state index in [1.54, 1.807) is 4.90 Å². The van der Waals surface area contributed by atoms with Crippen LogP contribution in [0.4, 0.5) is 0 Å². The Balaban J connectivity index is 0.000000172. The van der Waals surface area contributed by atoms with E-state index in [1.165, 1.54) is 35.1 Å². The van der Waals surface area contributed by atoms with E-state index in [4.69, 9.17) is 4.74 Å². The summed E-state index contributed by atoms with van der Waals surface area (Å²) in [7, 11) is -3.88. The van der Waals surface area contributed by atoms with Crippen molar-refractivity contribution in [3.63, 3.8) is 0 Å². The van der Waals surface area contributed by atoms with E-state index in [0.29, 0.717) is 23.7 Å². The molecule has 1 aliphatic heterocycles. The molecule has 5 nitrogen and oxygen atoms in total. The first-order valence-corrected chi connectivity index (χ1v) is 15.7. The number of fused-ring (bicyclic) bond motifs is 3. The molecule has 5 rings (SSSR count). The summed E-state index contributed by atoms with van der Waals surface area (Å²) in [6.45, 7) is 10.2. The molecule has 3 fully saturated rings. The summed E-state index contributed by atoms with van der Waals surface area (Å²) in [6, 6.07) is 13.2. The lowest BCUT2D eigenvalue weighted by atomic mass is 9.70. The van der Waals surface area contributed by atoms with Gasteiger partial charge in [-0.1, -0.05) is 32.0 Å². The smallest absolute Gasteiger partial charge is 0.162 e. The van der Waals surface area contributed by atoms with Crippen molar-refractivity contribution in [3.8, 4) is 5.75 Å². The monoisotopic (exact) mass is 518 g/mol. The van der Waals surface area contributed by atoms with Crippen molar-refractivity contribution in [2.75, 3.05) is 17.3 Å². The summed E-state index contributed by atoms with van der Waals surface area (Å²) in [6.07, 6.45) is 4.65. The van der Waals surface area contributed by atoms with Crippen LogP contribution in [0.1, 0.15) is 66.7 Å². The SMILES string of the molecule is CC(C)(C)Oc1ccc([S+]2CCCC2)c2ccccc12.CC1(C)C2CCC1(CS(=O)(=O)[O-])C(=O)C2. The molecular formula is C28H38O5S2. The number of carbonyl (C=O) groups is 1. The zero-order valence-corrected chi connectivity index (χ0v) is 23.2. The first-order chi connectivity index (χ1) is 16.2. The topological polar surface area (TPSA) is 83.5 Å². The van der Waals surface area contributed by atoms with E-state index in [1.807, 2.05) is 13.8 Å². The number of carbonyl (C=O) groups excluding carboxylic acids is 1. The molecule has 2 atom stereocenters. The fraction of sp³-hybridized carbons (Fsp3) is 0.607. The van der Waals surface area contributed by atoms with Crippen LogP contribution >= 0.6 is 0 Å². The molecule has 192 valence electrons. The highest BCUT2D eigenvalue weighted by molar-refractivity contribution is 7.97. The van der Waals surface area contributed by atoms with Gasteiger partial charge in [-0.15, -0.1) is 0 Å². The van der Waals surface area contributed by atoms with Crippen molar-refractivity contribution >= 4 is 37.6 Å². The quantitative estimate of drug-likeness (QED) is 0.382. The van der Waals surface area contributed by atoms with Crippen LogP contribution < -0.4 is 4.74 Å². The normalized spacial score (nSPS) is 26.1. The van der Waals surface area contributed by atoms with E-state index in [9.17, 15) is 17.8 Å². The van der Waals surface area contributed by atoms with Gasteiger partial charge in [-0.05, 0) is 76.0 Å². The molecule has 0 radical (unpaired) electrons. The van der Waals surface area contributed by atoms with Crippen molar-refractivity contribution in [1.29, 1.82) is 0 Å². The molecule has 0 spiro atoms. The molecule has 2 aliphatic carbocycles. The minimum absolute atomic E-state index is 0.0248. The van der Waals surface area contributed by atoms with E-state index in [0.717, 1.165) is 12.2 Å². The molecule has 0 N–H and O–H groups in total. The lowest BCUT2D eigenvalue weighted by molar-refractivity contribution is -0.128. The van der Waals surface area contributed by atoms with Crippen molar-refractivity contribution in [2.45, 2.75) is 77.2 Å². The van der Waals surface area contributed by atoms with Crippen LogP contribution in [-0.2, 0) is 25.8 Å². The van der Waals surface area contributed by atoms with Crippen LogP contribution in [0.2, 0.25) is 0 Å². The highest BCUT2D eigenvalue weighted by Gasteiger charge is 2.64. The van der Waals surface area contributed by atoms with Crippen LogP contribution in [0.3, 0.4) is 0 Å². The Labute approximate surface area is 213 Å². The van der Waals surface area contributed by atoms with E-state index < -0.39 is 21.3 Å². The summed E-state index contributed by atoms with van der Waals surface area (Å²) >= 11 is 0. The third-order valence-electron chi connectivity index (χ3n) is 8.17.